The normalized spacial score (nSPS) is 12.5. The molecule has 5 heteroatoms. The van der Waals surface area contributed by atoms with Gasteiger partial charge in [0.25, 0.3) is 0 Å². The van der Waals surface area contributed by atoms with Gasteiger partial charge in [-0.15, -0.1) is 0 Å². The van der Waals surface area contributed by atoms with Crippen LogP contribution >= 0.6 is 0 Å². The van der Waals surface area contributed by atoms with Crippen LogP contribution in [0.25, 0.3) is 0 Å². The topological polar surface area (TPSA) is 16.2 Å². The summed E-state index contributed by atoms with van der Waals surface area (Å²) in [5.74, 6) is 0.823. The fraction of sp³-hybridized carbons (Fsp3) is 1.00. The molecule has 0 aliphatic rings. The molecule has 236 valence electrons. The molecule has 5 nitrogen and oxygen atoms in total. The third kappa shape index (κ3) is 23.1. The van der Waals surface area contributed by atoms with Gasteiger partial charge in [0, 0.05) is 52.4 Å². The molecule has 0 aromatic carbocycles. The molecule has 0 aromatic rings. The first-order valence-electron chi connectivity index (χ1n) is 17.5. The molecule has 0 amide bonds. The Morgan fingerprint density at radius 3 is 0.949 bits per heavy atom. The number of hydrogen-bond acceptors (Lipinski definition) is 5. The van der Waals surface area contributed by atoms with E-state index >= 15 is 0 Å². The van der Waals surface area contributed by atoms with Crippen molar-refractivity contribution in [2.45, 2.75) is 120 Å². The van der Waals surface area contributed by atoms with E-state index in [9.17, 15) is 0 Å². The molecule has 0 fully saturated rings. The van der Waals surface area contributed by atoms with Crippen LogP contribution in [0.3, 0.4) is 0 Å². The Morgan fingerprint density at radius 1 is 0.333 bits per heavy atom. The smallest absolute Gasteiger partial charge is 0.0110 e. The summed E-state index contributed by atoms with van der Waals surface area (Å²) in [4.78, 5) is 13.5. The summed E-state index contributed by atoms with van der Waals surface area (Å²) in [6.07, 6.45) is 13.4. The fourth-order valence-electron chi connectivity index (χ4n) is 5.36. The van der Waals surface area contributed by atoms with Crippen molar-refractivity contribution in [3.8, 4) is 0 Å². The molecule has 0 atom stereocenters. The fourth-order valence-corrected chi connectivity index (χ4v) is 5.36. The summed E-state index contributed by atoms with van der Waals surface area (Å²) >= 11 is 0. The van der Waals surface area contributed by atoms with Gasteiger partial charge in [0.1, 0.15) is 0 Å². The zero-order chi connectivity index (χ0) is 29.1. The van der Waals surface area contributed by atoms with Gasteiger partial charge in [0.2, 0.25) is 0 Å². The van der Waals surface area contributed by atoms with E-state index in [-0.39, 0.29) is 0 Å². The van der Waals surface area contributed by atoms with Crippen LogP contribution in [0.5, 0.6) is 0 Å². The van der Waals surface area contributed by atoms with Gasteiger partial charge in [-0.3, -0.25) is 0 Å². The Bertz CT molecular complexity index is 486. The standard InChI is InChI=1S/C34H75N5/c1-9-15-18-23-38(22-17-11-3)32-30-36(13-5)28-26-35(12-4)27-29-37(14-6)31-33-39(24-19-16-10-2)25-20-21-34(7)8/h34H,9-33H2,1-8H3. The molecule has 0 saturated heterocycles. The predicted octanol–water partition coefficient (Wildman–Crippen LogP) is 7.17. The highest BCUT2D eigenvalue weighted by Gasteiger charge is 2.13. The van der Waals surface area contributed by atoms with Crippen molar-refractivity contribution in [1.29, 1.82) is 0 Å². The summed E-state index contributed by atoms with van der Waals surface area (Å²) in [7, 11) is 0. The first kappa shape index (κ1) is 38.8. The van der Waals surface area contributed by atoms with Crippen LogP contribution in [0.2, 0.25) is 0 Å². The van der Waals surface area contributed by atoms with Gasteiger partial charge in [0.05, 0.1) is 0 Å². The van der Waals surface area contributed by atoms with Crippen molar-refractivity contribution in [2.75, 3.05) is 98.2 Å². The Morgan fingerprint density at radius 2 is 0.641 bits per heavy atom. The summed E-state index contributed by atoms with van der Waals surface area (Å²) < 4.78 is 0. The lowest BCUT2D eigenvalue weighted by atomic mass is 10.1. The van der Waals surface area contributed by atoms with Crippen LogP contribution in [0.15, 0.2) is 0 Å². The van der Waals surface area contributed by atoms with E-state index in [0.29, 0.717) is 0 Å². The van der Waals surface area contributed by atoms with Crippen molar-refractivity contribution < 1.29 is 0 Å². The third-order valence-corrected chi connectivity index (χ3v) is 8.51. The molecule has 0 bridgehead atoms. The first-order chi connectivity index (χ1) is 18.9. The van der Waals surface area contributed by atoms with Crippen LogP contribution in [0.1, 0.15) is 120 Å². The Balaban J connectivity index is 4.57. The van der Waals surface area contributed by atoms with E-state index in [1.54, 1.807) is 0 Å². The van der Waals surface area contributed by atoms with Crippen LogP contribution < -0.4 is 0 Å². The van der Waals surface area contributed by atoms with Gasteiger partial charge in [0.15, 0.2) is 0 Å². The van der Waals surface area contributed by atoms with Gasteiger partial charge in [-0.2, -0.15) is 0 Å². The molecule has 0 unspecified atom stereocenters. The van der Waals surface area contributed by atoms with Gasteiger partial charge in [-0.25, -0.2) is 0 Å². The van der Waals surface area contributed by atoms with Crippen molar-refractivity contribution in [1.82, 2.24) is 24.5 Å². The zero-order valence-corrected chi connectivity index (χ0v) is 28.5. The second-order valence-electron chi connectivity index (χ2n) is 12.3. The number of nitrogens with zero attached hydrogens (tertiary/aromatic N) is 5. The molecular formula is C34H75N5. The minimum atomic E-state index is 0.823. The SMILES string of the molecule is CCCCCN(CCCC)CCN(CC)CCN(CC)CCN(CC)CCN(CCCCC)CCCC(C)C. The van der Waals surface area contributed by atoms with E-state index in [2.05, 4.69) is 79.9 Å². The van der Waals surface area contributed by atoms with Crippen molar-refractivity contribution in [3.63, 3.8) is 0 Å². The summed E-state index contributed by atoms with van der Waals surface area (Å²) in [5.41, 5.74) is 0. The van der Waals surface area contributed by atoms with E-state index in [1.165, 1.54) is 156 Å². The Hall–Kier alpha value is -0.200. The maximum absolute atomic E-state index is 2.75. The van der Waals surface area contributed by atoms with Crippen LogP contribution in [0, 0.1) is 5.92 Å². The molecule has 0 aromatic heterocycles. The lowest BCUT2D eigenvalue weighted by molar-refractivity contribution is 0.159. The Kier molecular flexibility index (Phi) is 27.8. The maximum atomic E-state index is 2.75. The Labute approximate surface area is 248 Å². The van der Waals surface area contributed by atoms with E-state index < -0.39 is 0 Å². The molecule has 0 heterocycles. The maximum Gasteiger partial charge on any atom is 0.0110 e. The molecule has 0 radical (unpaired) electrons. The van der Waals surface area contributed by atoms with Crippen molar-refractivity contribution in [3.05, 3.63) is 0 Å². The van der Waals surface area contributed by atoms with Crippen LogP contribution in [-0.2, 0) is 0 Å². The average Bonchev–Trinajstić information content (AvgIpc) is 2.93. The summed E-state index contributed by atoms with van der Waals surface area (Å²) in [6, 6.07) is 0. The molecule has 0 spiro atoms. The van der Waals surface area contributed by atoms with Gasteiger partial charge in [-0.05, 0) is 83.8 Å². The highest BCUT2D eigenvalue weighted by molar-refractivity contribution is 4.69. The molecule has 0 N–H and O–H groups in total. The zero-order valence-electron chi connectivity index (χ0n) is 28.5. The molecular weight excluding hydrogens is 478 g/mol. The largest absolute Gasteiger partial charge is 0.302 e. The number of unbranched alkanes of at least 4 members (excludes halogenated alkanes) is 5. The highest BCUT2D eigenvalue weighted by atomic mass is 15.2. The van der Waals surface area contributed by atoms with Gasteiger partial charge < -0.3 is 24.5 Å². The lowest BCUT2D eigenvalue weighted by Crippen LogP contribution is -2.43. The second kappa shape index (κ2) is 27.9. The van der Waals surface area contributed by atoms with Gasteiger partial charge >= 0.3 is 0 Å². The minimum Gasteiger partial charge on any atom is -0.302 e. The minimum absolute atomic E-state index is 0.823. The van der Waals surface area contributed by atoms with E-state index in [0.717, 1.165) is 12.5 Å². The molecule has 0 aliphatic heterocycles. The lowest BCUT2D eigenvalue weighted by Gasteiger charge is -2.31. The van der Waals surface area contributed by atoms with E-state index in [4.69, 9.17) is 0 Å². The molecule has 0 saturated carbocycles. The average molecular weight is 554 g/mol. The third-order valence-electron chi connectivity index (χ3n) is 8.51. The molecule has 39 heavy (non-hydrogen) atoms. The summed E-state index contributed by atoms with van der Waals surface area (Å²) in [6.45, 7) is 37.0. The second-order valence-corrected chi connectivity index (χ2v) is 12.3. The summed E-state index contributed by atoms with van der Waals surface area (Å²) in [5, 5.41) is 0. The quantitative estimate of drug-likeness (QED) is 0.0874. The van der Waals surface area contributed by atoms with Crippen molar-refractivity contribution in [2.24, 2.45) is 5.92 Å². The van der Waals surface area contributed by atoms with E-state index in [1.807, 2.05) is 0 Å². The molecule has 0 rings (SSSR count). The monoisotopic (exact) mass is 554 g/mol. The number of hydrogen-bond donors (Lipinski definition) is 0. The predicted molar refractivity (Wildman–Crippen MR) is 177 cm³/mol. The van der Waals surface area contributed by atoms with Gasteiger partial charge in [-0.1, -0.05) is 87.5 Å². The van der Waals surface area contributed by atoms with Crippen LogP contribution in [-0.4, -0.2) is 123 Å². The number of rotatable bonds is 30. The number of likely N-dealkylation sites (N-methyl/N-ethyl adjacent to an activating group) is 3. The molecule has 0 aliphatic carbocycles. The van der Waals surface area contributed by atoms with Crippen molar-refractivity contribution >= 4 is 0 Å². The first-order valence-corrected chi connectivity index (χ1v) is 17.5. The highest BCUT2D eigenvalue weighted by Crippen LogP contribution is 2.07. The van der Waals surface area contributed by atoms with Crippen LogP contribution in [0.4, 0.5) is 0 Å².